The van der Waals surface area contributed by atoms with Crippen LogP contribution in [0.4, 0.5) is 14.5 Å². The summed E-state index contributed by atoms with van der Waals surface area (Å²) in [5.41, 5.74) is 1.31. The van der Waals surface area contributed by atoms with Crippen LogP contribution in [0, 0.1) is 0 Å². The van der Waals surface area contributed by atoms with E-state index in [2.05, 4.69) is 24.5 Å². The molecule has 0 radical (unpaired) electrons. The van der Waals surface area contributed by atoms with Gasteiger partial charge < -0.3 is 14.5 Å². The van der Waals surface area contributed by atoms with E-state index in [1.807, 2.05) is 0 Å². The first-order valence-corrected chi connectivity index (χ1v) is 10.9. The van der Waals surface area contributed by atoms with Gasteiger partial charge in [0.1, 0.15) is 34.4 Å². The monoisotopic (exact) mass is 502 g/mol. The zero-order chi connectivity index (χ0) is 23.3. The molecule has 2 heterocycles. The number of ether oxygens (including phenoxy) is 2. The van der Waals surface area contributed by atoms with Gasteiger partial charge in [0.2, 0.25) is 12.4 Å². The van der Waals surface area contributed by atoms with Crippen LogP contribution in [-0.4, -0.2) is 33.3 Å². The number of pyridine rings is 1. The lowest BCUT2D eigenvalue weighted by Gasteiger charge is -2.19. The number of nitrogens with one attached hydrogen (secondary N) is 2. The van der Waals surface area contributed by atoms with Crippen molar-refractivity contribution in [3.05, 3.63) is 45.8 Å². The fraction of sp³-hybridized carbons (Fsp3) is 0.350. The molecule has 0 bridgehead atoms. The Hall–Kier alpha value is -2.27. The van der Waals surface area contributed by atoms with Crippen molar-refractivity contribution in [2.24, 2.45) is 0 Å². The number of nitrogens with zero attached hydrogens (tertiary/aromatic N) is 2. The topological polar surface area (TPSA) is 98.4 Å². The van der Waals surface area contributed by atoms with Gasteiger partial charge in [-0.3, -0.25) is 9.50 Å². The van der Waals surface area contributed by atoms with Gasteiger partial charge in [0.15, 0.2) is 5.75 Å². The summed E-state index contributed by atoms with van der Waals surface area (Å²) < 4.78 is 28.0. The zero-order valence-corrected chi connectivity index (χ0v) is 19.8. The fourth-order valence-corrected chi connectivity index (χ4v) is 3.32. The molecule has 0 aliphatic rings. The molecule has 0 unspecified atom stereocenters. The lowest BCUT2D eigenvalue weighted by Crippen LogP contribution is -2.27. The molecule has 1 aromatic carbocycles. The van der Waals surface area contributed by atoms with E-state index in [0.717, 1.165) is 5.56 Å². The molecule has 8 nitrogen and oxygen atoms in total. The van der Waals surface area contributed by atoms with Crippen molar-refractivity contribution >= 4 is 58.6 Å². The molecule has 0 aliphatic carbocycles. The highest BCUT2D eigenvalue weighted by Gasteiger charge is 2.18. The van der Waals surface area contributed by atoms with E-state index < -0.39 is 11.7 Å². The van der Waals surface area contributed by atoms with Gasteiger partial charge in [-0.2, -0.15) is 0 Å². The lowest BCUT2D eigenvalue weighted by molar-refractivity contribution is 0.0635. The highest BCUT2D eigenvalue weighted by molar-refractivity contribution is 7.89. The van der Waals surface area contributed by atoms with Gasteiger partial charge in [-0.1, -0.05) is 23.2 Å². The number of imidazole rings is 1. The molecule has 3 rings (SSSR count). The molecule has 1 amide bonds. The molecule has 3 aromatic rings. The number of aromatic nitrogens is 3. The zero-order valence-electron chi connectivity index (χ0n) is 17.5. The summed E-state index contributed by atoms with van der Waals surface area (Å²) in [5.74, 6) is 1.08. The minimum Gasteiger partial charge on any atom is -0.489 e. The molecular formula is C20H21Cl2FN4O4S. The maximum absolute atomic E-state index is 12.2. The van der Waals surface area contributed by atoms with Crippen LogP contribution >= 0.6 is 35.6 Å². The number of anilines is 1. The van der Waals surface area contributed by atoms with Gasteiger partial charge in [0, 0.05) is 12.6 Å². The van der Waals surface area contributed by atoms with Crippen molar-refractivity contribution in [2.75, 3.05) is 11.9 Å². The van der Waals surface area contributed by atoms with E-state index in [-0.39, 0.29) is 35.7 Å². The summed E-state index contributed by atoms with van der Waals surface area (Å²) in [6.45, 7) is 5.53. The van der Waals surface area contributed by atoms with Crippen LogP contribution in [0.2, 0.25) is 10.0 Å². The highest BCUT2D eigenvalue weighted by atomic mass is 35.5. The average molecular weight is 503 g/mol. The van der Waals surface area contributed by atoms with Gasteiger partial charge in [0.25, 0.3) is 0 Å². The van der Waals surface area contributed by atoms with Crippen LogP contribution in [0.3, 0.4) is 0 Å². The Bertz CT molecular complexity index is 1110. The Labute approximate surface area is 198 Å². The van der Waals surface area contributed by atoms with Crippen molar-refractivity contribution in [1.29, 1.82) is 0 Å². The molecule has 0 aliphatic heterocycles. The number of fused-ring (bicyclic) bond motifs is 1. The molecule has 0 spiro atoms. The molecule has 2 aromatic heterocycles. The van der Waals surface area contributed by atoms with E-state index in [1.54, 1.807) is 45.2 Å². The molecule has 2 N–H and O–H groups in total. The Morgan fingerprint density at radius 2 is 2.09 bits per heavy atom. The minimum absolute atomic E-state index is 0.0606. The molecule has 32 heavy (non-hydrogen) atoms. The second-order valence-corrected chi connectivity index (χ2v) is 8.83. The Balaban J connectivity index is 1.68. The quantitative estimate of drug-likeness (QED) is 0.349. The summed E-state index contributed by atoms with van der Waals surface area (Å²) in [6.07, 6.45) is 1.49. The van der Waals surface area contributed by atoms with E-state index in [9.17, 15) is 8.68 Å². The SMILES string of the molecule is CC(C)(C)OC(=O)Nc1cc(CCOc2c(Cl)c(Cl)cc3[nH]c(COSF)nc23)ccn1. The minimum atomic E-state index is -0.611. The van der Waals surface area contributed by atoms with Crippen molar-refractivity contribution in [3.63, 3.8) is 0 Å². The summed E-state index contributed by atoms with van der Waals surface area (Å²) in [6, 6.07) is 5.14. The molecule has 0 fully saturated rings. The van der Waals surface area contributed by atoms with E-state index in [0.29, 0.717) is 34.8 Å². The predicted molar refractivity (Wildman–Crippen MR) is 123 cm³/mol. The highest BCUT2D eigenvalue weighted by Crippen LogP contribution is 2.38. The number of benzene rings is 1. The number of hydrogen-bond donors (Lipinski definition) is 2. The fourth-order valence-electron chi connectivity index (χ4n) is 2.77. The smallest absolute Gasteiger partial charge is 0.413 e. The Morgan fingerprint density at radius 1 is 1.31 bits per heavy atom. The third-order valence-electron chi connectivity index (χ3n) is 4.01. The van der Waals surface area contributed by atoms with E-state index in [1.165, 1.54) is 0 Å². The number of halogens is 3. The second-order valence-electron chi connectivity index (χ2n) is 7.68. The molecular weight excluding hydrogens is 482 g/mol. The van der Waals surface area contributed by atoms with Crippen LogP contribution < -0.4 is 10.1 Å². The molecule has 0 saturated heterocycles. The standard InChI is InChI=1S/C20H21Cl2FN4O4S/c1-20(2,3)31-19(28)27-14-8-11(4-6-24-14)5-7-29-18-16(22)12(21)9-13-17(18)26-15(25-13)10-30-32-23/h4,6,8-9H,5,7,10H2,1-3H3,(H,25,26)(H,24,27,28). The summed E-state index contributed by atoms with van der Waals surface area (Å²) in [7, 11) is 0. The molecule has 0 atom stereocenters. The van der Waals surface area contributed by atoms with Gasteiger partial charge in [-0.25, -0.2) is 14.8 Å². The number of rotatable bonds is 8. The third-order valence-corrected chi connectivity index (χ3v) is 4.98. The average Bonchev–Trinajstić information content (AvgIpc) is 3.10. The Kier molecular flexibility index (Phi) is 8.05. The van der Waals surface area contributed by atoms with E-state index in [4.69, 9.17) is 32.7 Å². The number of hydrogen-bond acceptors (Lipinski definition) is 7. The third kappa shape index (κ3) is 6.61. The van der Waals surface area contributed by atoms with Crippen LogP contribution in [0.5, 0.6) is 5.75 Å². The number of aromatic amines is 1. The van der Waals surface area contributed by atoms with Crippen LogP contribution in [0.15, 0.2) is 24.4 Å². The molecule has 12 heteroatoms. The van der Waals surface area contributed by atoms with Gasteiger partial charge in [0.05, 0.1) is 17.1 Å². The summed E-state index contributed by atoms with van der Waals surface area (Å²) in [5, 5.41) is 3.11. The molecule has 0 saturated carbocycles. The van der Waals surface area contributed by atoms with E-state index >= 15 is 0 Å². The van der Waals surface area contributed by atoms with Gasteiger partial charge >= 0.3 is 6.09 Å². The normalized spacial score (nSPS) is 11.6. The van der Waals surface area contributed by atoms with Crippen molar-refractivity contribution < 1.29 is 22.3 Å². The first kappa shape index (κ1) is 24.4. The summed E-state index contributed by atoms with van der Waals surface area (Å²) >= 11 is 12.3. The number of carbonyl (C=O) groups is 1. The maximum atomic E-state index is 12.2. The van der Waals surface area contributed by atoms with Crippen molar-refractivity contribution in [2.45, 2.75) is 39.4 Å². The molecule has 172 valence electrons. The van der Waals surface area contributed by atoms with Crippen LogP contribution in [0.25, 0.3) is 11.0 Å². The van der Waals surface area contributed by atoms with Crippen molar-refractivity contribution in [3.8, 4) is 5.75 Å². The number of H-pyrrole nitrogens is 1. The maximum Gasteiger partial charge on any atom is 0.413 e. The predicted octanol–water partition coefficient (Wildman–Crippen LogP) is 6.28. The second kappa shape index (κ2) is 10.6. The van der Waals surface area contributed by atoms with Crippen LogP contribution in [0.1, 0.15) is 32.2 Å². The lowest BCUT2D eigenvalue weighted by atomic mass is 10.2. The van der Waals surface area contributed by atoms with Crippen LogP contribution in [-0.2, 0) is 21.9 Å². The van der Waals surface area contributed by atoms with Gasteiger partial charge in [-0.15, -0.1) is 3.89 Å². The first-order valence-electron chi connectivity index (χ1n) is 9.51. The summed E-state index contributed by atoms with van der Waals surface area (Å²) in [4.78, 5) is 23.4. The number of amides is 1. The number of carbonyl (C=O) groups excluding carboxylic acids is 1. The van der Waals surface area contributed by atoms with Gasteiger partial charge in [-0.05, 0) is 44.5 Å². The first-order chi connectivity index (χ1) is 15.2. The largest absolute Gasteiger partial charge is 0.489 e. The Morgan fingerprint density at radius 3 is 2.81 bits per heavy atom. The van der Waals surface area contributed by atoms with Crippen molar-refractivity contribution in [1.82, 2.24) is 15.0 Å².